The van der Waals surface area contributed by atoms with Crippen molar-refractivity contribution in [2.45, 2.75) is 19.9 Å². The van der Waals surface area contributed by atoms with E-state index in [-0.39, 0.29) is 5.78 Å². The Hall–Kier alpha value is -3.60. The number of carbonyl (C=O) groups excluding carboxylic acids is 3. The number of rotatable bonds is 4. The predicted octanol–water partition coefficient (Wildman–Crippen LogP) is 3.85. The highest BCUT2D eigenvalue weighted by Gasteiger charge is 2.52. The summed E-state index contributed by atoms with van der Waals surface area (Å²) in [6.45, 7) is 3.76. The van der Waals surface area contributed by atoms with Gasteiger partial charge in [-0.25, -0.2) is 4.98 Å². The summed E-state index contributed by atoms with van der Waals surface area (Å²) in [6, 6.07) is 19.1. The van der Waals surface area contributed by atoms with E-state index in [4.69, 9.17) is 0 Å². The number of aryl methyl sites for hydroxylation is 2. The topological polar surface area (TPSA) is 67.3 Å². The van der Waals surface area contributed by atoms with Gasteiger partial charge in [0.05, 0.1) is 6.04 Å². The fourth-order valence-corrected chi connectivity index (χ4v) is 3.78. The molecule has 29 heavy (non-hydrogen) atoms. The molecule has 0 spiro atoms. The molecule has 4 rings (SSSR count). The molecule has 144 valence electrons. The molecule has 3 aromatic rings. The van der Waals surface area contributed by atoms with Crippen LogP contribution in [0.4, 0.5) is 5.82 Å². The fraction of sp³-hybridized carbons (Fsp3) is 0.167. The monoisotopic (exact) mass is 384 g/mol. The molecular formula is C24H20N2O3. The number of benzene rings is 2. The van der Waals surface area contributed by atoms with Crippen LogP contribution in [-0.2, 0) is 9.59 Å². The fourth-order valence-electron chi connectivity index (χ4n) is 3.78. The standard InChI is InChI=1S/C24H20N2O3/c1-15-10-12-18(13-11-15)21(27)19-20(17-8-4-3-5-9-17)26(24(29)22(19)28)23-16(2)7-6-14-25-23/h3-14,19-20H,1-2H3. The van der Waals surface area contributed by atoms with Crippen LogP contribution < -0.4 is 4.90 Å². The molecule has 2 aromatic carbocycles. The van der Waals surface area contributed by atoms with Crippen LogP contribution in [0.3, 0.4) is 0 Å². The third-order valence-corrected chi connectivity index (χ3v) is 5.28. The minimum atomic E-state index is -1.12. The molecule has 0 saturated carbocycles. The highest BCUT2D eigenvalue weighted by molar-refractivity contribution is 6.48. The van der Waals surface area contributed by atoms with Crippen molar-refractivity contribution >= 4 is 23.3 Å². The van der Waals surface area contributed by atoms with Gasteiger partial charge in [0.2, 0.25) is 5.78 Å². The molecule has 0 N–H and O–H groups in total. The zero-order valence-electron chi connectivity index (χ0n) is 16.2. The quantitative estimate of drug-likeness (QED) is 0.389. The van der Waals surface area contributed by atoms with E-state index in [1.165, 1.54) is 4.90 Å². The Balaban J connectivity index is 1.86. The van der Waals surface area contributed by atoms with Gasteiger partial charge in [-0.05, 0) is 31.0 Å². The van der Waals surface area contributed by atoms with Crippen LogP contribution >= 0.6 is 0 Å². The summed E-state index contributed by atoms with van der Waals surface area (Å²) in [6.07, 6.45) is 1.58. The van der Waals surface area contributed by atoms with E-state index in [0.29, 0.717) is 11.4 Å². The average Bonchev–Trinajstić information content (AvgIpc) is 3.00. The minimum Gasteiger partial charge on any atom is -0.293 e. The summed E-state index contributed by atoms with van der Waals surface area (Å²) >= 11 is 0. The molecule has 2 atom stereocenters. The van der Waals surface area contributed by atoms with Gasteiger partial charge in [0.15, 0.2) is 5.78 Å². The van der Waals surface area contributed by atoms with E-state index in [9.17, 15) is 14.4 Å². The van der Waals surface area contributed by atoms with Crippen LogP contribution in [0.5, 0.6) is 0 Å². The van der Waals surface area contributed by atoms with Gasteiger partial charge in [0.25, 0.3) is 5.91 Å². The lowest BCUT2D eigenvalue weighted by Crippen LogP contribution is -2.31. The Morgan fingerprint density at radius 2 is 1.59 bits per heavy atom. The van der Waals surface area contributed by atoms with Gasteiger partial charge in [0, 0.05) is 11.8 Å². The summed E-state index contributed by atoms with van der Waals surface area (Å²) in [4.78, 5) is 45.1. The maximum absolute atomic E-state index is 13.3. The van der Waals surface area contributed by atoms with Gasteiger partial charge >= 0.3 is 0 Å². The van der Waals surface area contributed by atoms with Crippen molar-refractivity contribution in [3.63, 3.8) is 0 Å². The molecule has 1 aromatic heterocycles. The number of pyridine rings is 1. The maximum Gasteiger partial charge on any atom is 0.297 e. The number of hydrogen-bond acceptors (Lipinski definition) is 4. The third-order valence-electron chi connectivity index (χ3n) is 5.28. The van der Waals surface area contributed by atoms with E-state index < -0.39 is 23.7 Å². The minimum absolute atomic E-state index is 0.353. The second-order valence-corrected chi connectivity index (χ2v) is 7.25. The first-order valence-corrected chi connectivity index (χ1v) is 9.44. The number of aromatic nitrogens is 1. The van der Waals surface area contributed by atoms with Crippen LogP contribution in [0.15, 0.2) is 72.9 Å². The lowest BCUT2D eigenvalue weighted by Gasteiger charge is -2.27. The number of anilines is 1. The van der Waals surface area contributed by atoms with Gasteiger partial charge < -0.3 is 0 Å². The van der Waals surface area contributed by atoms with Crippen molar-refractivity contribution in [1.29, 1.82) is 0 Å². The predicted molar refractivity (Wildman–Crippen MR) is 110 cm³/mol. The molecule has 1 fully saturated rings. The van der Waals surface area contributed by atoms with Crippen molar-refractivity contribution in [2.75, 3.05) is 4.90 Å². The van der Waals surface area contributed by atoms with Gasteiger partial charge in [-0.3, -0.25) is 19.3 Å². The van der Waals surface area contributed by atoms with E-state index in [0.717, 1.165) is 16.7 Å². The normalized spacial score (nSPS) is 18.9. The molecule has 1 aliphatic rings. The molecule has 1 amide bonds. The summed E-state index contributed by atoms with van der Waals surface area (Å²) in [5.74, 6) is -2.47. The number of amides is 1. The van der Waals surface area contributed by atoms with Gasteiger partial charge in [-0.15, -0.1) is 0 Å². The van der Waals surface area contributed by atoms with E-state index >= 15 is 0 Å². The lowest BCUT2D eigenvalue weighted by molar-refractivity contribution is -0.135. The van der Waals surface area contributed by atoms with Crippen molar-refractivity contribution in [1.82, 2.24) is 4.98 Å². The second-order valence-electron chi connectivity index (χ2n) is 7.25. The van der Waals surface area contributed by atoms with E-state index in [2.05, 4.69) is 4.98 Å². The number of Topliss-reactive ketones (excluding diaryl/α,β-unsaturated/α-hetero) is 2. The summed E-state index contributed by atoms with van der Waals surface area (Å²) in [5.41, 5.74) is 2.92. The smallest absolute Gasteiger partial charge is 0.293 e. The van der Waals surface area contributed by atoms with Gasteiger partial charge in [-0.1, -0.05) is 66.2 Å². The van der Waals surface area contributed by atoms with Crippen LogP contribution in [-0.4, -0.2) is 22.5 Å². The first kappa shape index (κ1) is 18.7. The van der Waals surface area contributed by atoms with Crippen molar-refractivity contribution in [2.24, 2.45) is 5.92 Å². The van der Waals surface area contributed by atoms with Crippen molar-refractivity contribution in [3.8, 4) is 0 Å². The molecule has 1 saturated heterocycles. The number of carbonyl (C=O) groups is 3. The van der Waals surface area contributed by atoms with Gasteiger partial charge in [-0.2, -0.15) is 0 Å². The molecule has 0 bridgehead atoms. The SMILES string of the molecule is Cc1ccc(C(=O)C2C(=O)C(=O)N(c3ncccc3C)C2c2ccccc2)cc1. The molecule has 5 heteroatoms. The number of ketones is 2. The Morgan fingerprint density at radius 1 is 0.897 bits per heavy atom. The van der Waals surface area contributed by atoms with E-state index in [1.807, 2.05) is 62.4 Å². The second kappa shape index (κ2) is 7.43. The van der Waals surface area contributed by atoms with Crippen LogP contribution in [0.2, 0.25) is 0 Å². The van der Waals surface area contributed by atoms with Crippen molar-refractivity contribution in [3.05, 3.63) is 95.2 Å². The van der Waals surface area contributed by atoms with Crippen LogP contribution in [0.1, 0.15) is 33.1 Å². The molecule has 2 heterocycles. The summed E-state index contributed by atoms with van der Waals surface area (Å²) in [5, 5.41) is 0. The molecule has 0 aliphatic carbocycles. The highest BCUT2D eigenvalue weighted by atomic mass is 16.2. The Bertz CT molecular complexity index is 1090. The molecule has 0 radical (unpaired) electrons. The largest absolute Gasteiger partial charge is 0.297 e. The molecular weight excluding hydrogens is 364 g/mol. The Morgan fingerprint density at radius 3 is 2.24 bits per heavy atom. The Labute approximate surface area is 169 Å². The zero-order valence-corrected chi connectivity index (χ0v) is 16.2. The molecule has 1 aliphatic heterocycles. The van der Waals surface area contributed by atoms with Crippen molar-refractivity contribution < 1.29 is 14.4 Å². The van der Waals surface area contributed by atoms with Gasteiger partial charge in [0.1, 0.15) is 11.7 Å². The lowest BCUT2D eigenvalue weighted by atomic mass is 9.86. The summed E-state index contributed by atoms with van der Waals surface area (Å²) in [7, 11) is 0. The zero-order chi connectivity index (χ0) is 20.5. The van der Waals surface area contributed by atoms with E-state index in [1.54, 1.807) is 24.4 Å². The number of hydrogen-bond donors (Lipinski definition) is 0. The average molecular weight is 384 g/mol. The first-order chi connectivity index (χ1) is 14.0. The maximum atomic E-state index is 13.3. The van der Waals surface area contributed by atoms with Crippen LogP contribution in [0.25, 0.3) is 0 Å². The number of nitrogens with zero attached hydrogens (tertiary/aromatic N) is 2. The first-order valence-electron chi connectivity index (χ1n) is 9.44. The molecule has 2 unspecified atom stereocenters. The Kier molecular flexibility index (Phi) is 4.80. The highest BCUT2D eigenvalue weighted by Crippen LogP contribution is 2.41. The van der Waals surface area contributed by atoms with Crippen LogP contribution in [0, 0.1) is 19.8 Å². The molecule has 5 nitrogen and oxygen atoms in total. The third kappa shape index (κ3) is 3.25. The summed E-state index contributed by atoms with van der Waals surface area (Å²) < 4.78 is 0.